The van der Waals surface area contributed by atoms with Gasteiger partial charge in [0.05, 0.1) is 6.10 Å². The van der Waals surface area contributed by atoms with Gasteiger partial charge in [0.15, 0.2) is 0 Å². The molecule has 1 aliphatic heterocycles. The minimum atomic E-state index is -0.152. The number of carbonyl (C=O) groups excluding carboxylic acids is 1. The Morgan fingerprint density at radius 2 is 2.06 bits per heavy atom. The molecule has 100 valence electrons. The molecule has 0 atom stereocenters. The fourth-order valence-electron chi connectivity index (χ4n) is 2.18. The highest BCUT2D eigenvalue weighted by molar-refractivity contribution is 5.67. The van der Waals surface area contributed by atoms with Gasteiger partial charge in [0.2, 0.25) is 0 Å². The molecular weight excluding hydrogens is 216 g/mol. The molecule has 0 aromatic rings. The zero-order chi connectivity index (χ0) is 12.7. The molecular formula is C13H26N2O2. The number of rotatable bonds is 5. The standard InChI is InChI=1S/C13H26N2O2/c1-4-9-15(13(16)17-11(2)3)10-12-5-7-14-8-6-12/h11-12,14H,4-10H2,1-3H3. The van der Waals surface area contributed by atoms with Crippen molar-refractivity contribution < 1.29 is 9.53 Å². The molecule has 0 saturated carbocycles. The van der Waals surface area contributed by atoms with Crippen molar-refractivity contribution in [2.24, 2.45) is 5.92 Å². The Hall–Kier alpha value is -0.770. The van der Waals surface area contributed by atoms with E-state index in [0.29, 0.717) is 5.92 Å². The molecule has 0 radical (unpaired) electrons. The summed E-state index contributed by atoms with van der Waals surface area (Å²) in [6, 6.07) is 0. The normalized spacial score (nSPS) is 17.2. The average molecular weight is 242 g/mol. The van der Waals surface area contributed by atoms with Crippen LogP contribution in [0.25, 0.3) is 0 Å². The van der Waals surface area contributed by atoms with Crippen molar-refractivity contribution in [1.29, 1.82) is 0 Å². The van der Waals surface area contributed by atoms with Crippen LogP contribution in [0.5, 0.6) is 0 Å². The average Bonchev–Trinajstić information content (AvgIpc) is 2.29. The maximum atomic E-state index is 11.9. The third-order valence-electron chi connectivity index (χ3n) is 3.03. The summed E-state index contributed by atoms with van der Waals surface area (Å²) < 4.78 is 5.28. The van der Waals surface area contributed by atoms with Crippen molar-refractivity contribution in [3.63, 3.8) is 0 Å². The molecule has 1 saturated heterocycles. The summed E-state index contributed by atoms with van der Waals surface area (Å²) in [5.74, 6) is 0.627. The molecule has 1 heterocycles. The molecule has 4 nitrogen and oxygen atoms in total. The number of ether oxygens (including phenoxy) is 1. The van der Waals surface area contributed by atoms with E-state index in [9.17, 15) is 4.79 Å². The highest BCUT2D eigenvalue weighted by atomic mass is 16.6. The fourth-order valence-corrected chi connectivity index (χ4v) is 2.18. The summed E-state index contributed by atoms with van der Waals surface area (Å²) in [6.45, 7) is 9.68. The highest BCUT2D eigenvalue weighted by Crippen LogP contribution is 2.14. The lowest BCUT2D eigenvalue weighted by Gasteiger charge is -2.29. The van der Waals surface area contributed by atoms with Gasteiger partial charge in [-0.15, -0.1) is 0 Å². The van der Waals surface area contributed by atoms with Crippen LogP contribution in [0.1, 0.15) is 40.0 Å². The van der Waals surface area contributed by atoms with E-state index >= 15 is 0 Å². The van der Waals surface area contributed by atoms with E-state index in [1.165, 1.54) is 0 Å². The Kier molecular flexibility index (Phi) is 6.34. The molecule has 0 bridgehead atoms. The SMILES string of the molecule is CCCN(CC1CCNCC1)C(=O)OC(C)C. The van der Waals surface area contributed by atoms with Gasteiger partial charge in [-0.1, -0.05) is 6.92 Å². The number of hydrogen-bond donors (Lipinski definition) is 1. The summed E-state index contributed by atoms with van der Waals surface area (Å²) >= 11 is 0. The Labute approximate surface area is 105 Å². The lowest BCUT2D eigenvalue weighted by molar-refractivity contribution is 0.0698. The van der Waals surface area contributed by atoms with Crippen LogP contribution in [0.3, 0.4) is 0 Å². The second kappa shape index (κ2) is 7.54. The predicted octanol–water partition coefficient (Wildman–Crippen LogP) is 2.24. The van der Waals surface area contributed by atoms with Gasteiger partial charge in [-0.05, 0) is 52.1 Å². The Bertz CT molecular complexity index is 225. The molecule has 1 rings (SSSR count). The Morgan fingerprint density at radius 3 is 2.59 bits per heavy atom. The van der Waals surface area contributed by atoms with Crippen LogP contribution >= 0.6 is 0 Å². The predicted molar refractivity (Wildman–Crippen MR) is 69.1 cm³/mol. The molecule has 1 N–H and O–H groups in total. The number of carbonyl (C=O) groups is 1. The summed E-state index contributed by atoms with van der Waals surface area (Å²) in [6.07, 6.45) is 3.12. The van der Waals surface area contributed by atoms with Crippen molar-refractivity contribution in [3.05, 3.63) is 0 Å². The summed E-state index contributed by atoms with van der Waals surface area (Å²) in [4.78, 5) is 13.8. The second-order valence-electron chi connectivity index (χ2n) is 5.07. The zero-order valence-electron chi connectivity index (χ0n) is 11.4. The Balaban J connectivity index is 2.43. The van der Waals surface area contributed by atoms with Crippen LogP contribution in [-0.4, -0.2) is 43.3 Å². The third-order valence-corrected chi connectivity index (χ3v) is 3.03. The summed E-state index contributed by atoms with van der Waals surface area (Å²) in [5, 5.41) is 3.35. The molecule has 1 amide bonds. The molecule has 0 unspecified atom stereocenters. The van der Waals surface area contributed by atoms with Gasteiger partial charge in [0.1, 0.15) is 0 Å². The van der Waals surface area contributed by atoms with Crippen molar-refractivity contribution in [1.82, 2.24) is 10.2 Å². The number of hydrogen-bond acceptors (Lipinski definition) is 3. The monoisotopic (exact) mass is 242 g/mol. The zero-order valence-corrected chi connectivity index (χ0v) is 11.4. The van der Waals surface area contributed by atoms with Crippen LogP contribution in [0, 0.1) is 5.92 Å². The third kappa shape index (κ3) is 5.39. The highest BCUT2D eigenvalue weighted by Gasteiger charge is 2.21. The first-order valence-electron chi connectivity index (χ1n) is 6.79. The largest absolute Gasteiger partial charge is 0.447 e. The van der Waals surface area contributed by atoms with Crippen molar-refractivity contribution in [3.8, 4) is 0 Å². The van der Waals surface area contributed by atoms with Gasteiger partial charge in [-0.25, -0.2) is 4.79 Å². The van der Waals surface area contributed by atoms with Gasteiger partial charge >= 0.3 is 6.09 Å². The molecule has 4 heteroatoms. The minimum absolute atomic E-state index is 0.0325. The van der Waals surface area contributed by atoms with Crippen LogP contribution in [0.2, 0.25) is 0 Å². The number of nitrogens with one attached hydrogen (secondary N) is 1. The van der Waals surface area contributed by atoms with Crippen molar-refractivity contribution in [2.75, 3.05) is 26.2 Å². The van der Waals surface area contributed by atoms with Gasteiger partial charge in [0, 0.05) is 13.1 Å². The second-order valence-corrected chi connectivity index (χ2v) is 5.07. The van der Waals surface area contributed by atoms with E-state index in [4.69, 9.17) is 4.74 Å². The smallest absolute Gasteiger partial charge is 0.410 e. The minimum Gasteiger partial charge on any atom is -0.447 e. The first-order valence-corrected chi connectivity index (χ1v) is 6.79. The molecule has 0 aromatic carbocycles. The van der Waals surface area contributed by atoms with E-state index < -0.39 is 0 Å². The Morgan fingerprint density at radius 1 is 1.41 bits per heavy atom. The molecule has 1 fully saturated rings. The summed E-state index contributed by atoms with van der Waals surface area (Å²) in [5.41, 5.74) is 0. The topological polar surface area (TPSA) is 41.6 Å². The lowest BCUT2D eigenvalue weighted by atomic mass is 9.97. The quantitative estimate of drug-likeness (QED) is 0.804. The first-order chi connectivity index (χ1) is 8.13. The molecule has 0 aliphatic carbocycles. The van der Waals surface area contributed by atoms with E-state index in [0.717, 1.165) is 45.4 Å². The van der Waals surface area contributed by atoms with E-state index in [-0.39, 0.29) is 12.2 Å². The van der Waals surface area contributed by atoms with Crippen LogP contribution in [0.15, 0.2) is 0 Å². The van der Waals surface area contributed by atoms with Gasteiger partial charge in [-0.2, -0.15) is 0 Å². The molecule has 0 aromatic heterocycles. The number of nitrogens with zero attached hydrogens (tertiary/aromatic N) is 1. The maximum Gasteiger partial charge on any atom is 0.410 e. The van der Waals surface area contributed by atoms with Gasteiger partial charge in [-0.3, -0.25) is 0 Å². The first kappa shape index (κ1) is 14.3. The van der Waals surface area contributed by atoms with Gasteiger partial charge in [0.25, 0.3) is 0 Å². The number of amides is 1. The van der Waals surface area contributed by atoms with E-state index in [2.05, 4.69) is 12.2 Å². The fraction of sp³-hybridized carbons (Fsp3) is 0.923. The van der Waals surface area contributed by atoms with Crippen LogP contribution < -0.4 is 5.32 Å². The van der Waals surface area contributed by atoms with Crippen molar-refractivity contribution in [2.45, 2.75) is 46.1 Å². The van der Waals surface area contributed by atoms with Crippen LogP contribution in [-0.2, 0) is 4.74 Å². The summed E-state index contributed by atoms with van der Waals surface area (Å²) in [7, 11) is 0. The molecule has 0 spiro atoms. The molecule has 17 heavy (non-hydrogen) atoms. The lowest BCUT2D eigenvalue weighted by Crippen LogP contribution is -2.40. The van der Waals surface area contributed by atoms with E-state index in [1.807, 2.05) is 18.7 Å². The van der Waals surface area contributed by atoms with Gasteiger partial charge < -0.3 is 15.0 Å². The number of piperidine rings is 1. The maximum absolute atomic E-state index is 11.9. The molecule has 1 aliphatic rings. The van der Waals surface area contributed by atoms with Crippen LogP contribution in [0.4, 0.5) is 4.79 Å². The van der Waals surface area contributed by atoms with Crippen molar-refractivity contribution >= 4 is 6.09 Å². The van der Waals surface area contributed by atoms with E-state index in [1.54, 1.807) is 0 Å².